The average molecular weight is 278 g/mol. The van der Waals surface area contributed by atoms with Crippen LogP contribution in [-0.2, 0) is 19.1 Å². The molecular weight excluding hydrogens is 256 g/mol. The molecule has 4 heteroatoms. The van der Waals surface area contributed by atoms with Crippen molar-refractivity contribution in [3.05, 3.63) is 11.6 Å². The number of fused-ring (bicyclic) bond motifs is 2. The van der Waals surface area contributed by atoms with Crippen molar-refractivity contribution in [3.63, 3.8) is 0 Å². The minimum atomic E-state index is -0.761. The summed E-state index contributed by atoms with van der Waals surface area (Å²) in [4.78, 5) is 24.2. The fourth-order valence-electron chi connectivity index (χ4n) is 3.95. The van der Waals surface area contributed by atoms with Gasteiger partial charge in [-0.05, 0) is 31.1 Å². The molecule has 0 aromatic carbocycles. The lowest BCUT2D eigenvalue weighted by atomic mass is 9.78. The van der Waals surface area contributed by atoms with Crippen LogP contribution in [0.4, 0.5) is 0 Å². The van der Waals surface area contributed by atoms with Crippen LogP contribution in [-0.4, -0.2) is 24.6 Å². The van der Waals surface area contributed by atoms with Crippen LogP contribution in [0.3, 0.4) is 0 Å². The fraction of sp³-hybridized carbons (Fsp3) is 0.750. The molecule has 1 heterocycles. The number of cyclic esters (lactones) is 1. The van der Waals surface area contributed by atoms with Crippen molar-refractivity contribution in [1.29, 1.82) is 0 Å². The molecule has 1 saturated carbocycles. The summed E-state index contributed by atoms with van der Waals surface area (Å²) >= 11 is 0. The second kappa shape index (κ2) is 4.09. The number of allylic oxidation sites excluding steroid dienone is 2. The van der Waals surface area contributed by atoms with Crippen LogP contribution in [0.15, 0.2) is 11.6 Å². The van der Waals surface area contributed by atoms with Gasteiger partial charge in [-0.2, -0.15) is 0 Å². The Labute approximate surface area is 119 Å². The van der Waals surface area contributed by atoms with Crippen molar-refractivity contribution >= 4 is 11.9 Å². The van der Waals surface area contributed by atoms with E-state index in [0.29, 0.717) is 12.5 Å². The van der Waals surface area contributed by atoms with Gasteiger partial charge in [-0.3, -0.25) is 4.79 Å². The largest absolute Gasteiger partial charge is 0.462 e. The quantitative estimate of drug-likeness (QED) is 0.575. The van der Waals surface area contributed by atoms with Gasteiger partial charge in [-0.25, -0.2) is 4.79 Å². The van der Waals surface area contributed by atoms with E-state index in [1.165, 1.54) is 5.57 Å². The van der Waals surface area contributed by atoms with Crippen molar-refractivity contribution in [3.8, 4) is 0 Å². The molecule has 3 aliphatic rings. The summed E-state index contributed by atoms with van der Waals surface area (Å²) in [6.45, 7) is 8.35. The SMILES string of the molecule is CC1=C[C@]2(C)C[C@H]1C[C@@H]2C(=O)O[C@H]1C(=O)OCC1(C)C. The smallest absolute Gasteiger partial charge is 0.348 e. The number of carbonyl (C=O) groups excluding carboxylic acids is 2. The van der Waals surface area contributed by atoms with Crippen LogP contribution in [0.25, 0.3) is 0 Å². The first-order valence-electron chi connectivity index (χ1n) is 7.29. The molecule has 1 saturated heterocycles. The Morgan fingerprint density at radius 2 is 2.10 bits per heavy atom. The number of hydrogen-bond acceptors (Lipinski definition) is 4. The Morgan fingerprint density at radius 1 is 1.40 bits per heavy atom. The summed E-state index contributed by atoms with van der Waals surface area (Å²) in [5.74, 6) is -0.277. The lowest BCUT2D eigenvalue weighted by Crippen LogP contribution is -2.39. The zero-order valence-corrected chi connectivity index (χ0v) is 12.6. The average Bonchev–Trinajstić information content (AvgIpc) is 2.91. The number of ether oxygens (including phenoxy) is 2. The fourth-order valence-corrected chi connectivity index (χ4v) is 3.95. The van der Waals surface area contributed by atoms with E-state index in [0.717, 1.165) is 12.8 Å². The standard InChI is InChI=1S/C16H22O4/c1-9-6-16(4)7-10(9)5-11(16)13(17)20-12-14(18)19-8-15(12,2)3/h6,10-12H,5,7-8H2,1-4H3/t10-,11-,12+,16-/m1/s1. The van der Waals surface area contributed by atoms with Gasteiger partial charge in [-0.1, -0.05) is 32.4 Å². The van der Waals surface area contributed by atoms with Crippen LogP contribution in [0.1, 0.15) is 40.5 Å². The highest BCUT2D eigenvalue weighted by Crippen LogP contribution is 2.56. The Kier molecular flexibility index (Phi) is 2.79. The van der Waals surface area contributed by atoms with Crippen molar-refractivity contribution in [2.24, 2.45) is 22.7 Å². The number of rotatable bonds is 2. The van der Waals surface area contributed by atoms with E-state index in [9.17, 15) is 9.59 Å². The van der Waals surface area contributed by atoms with E-state index in [-0.39, 0.29) is 17.3 Å². The van der Waals surface area contributed by atoms with Crippen molar-refractivity contribution in [1.82, 2.24) is 0 Å². The maximum atomic E-state index is 12.5. The van der Waals surface area contributed by atoms with Crippen molar-refractivity contribution in [2.45, 2.75) is 46.6 Å². The Bertz CT molecular complexity index is 505. The monoisotopic (exact) mass is 278 g/mol. The molecule has 4 nitrogen and oxygen atoms in total. The first kappa shape index (κ1) is 13.7. The highest BCUT2D eigenvalue weighted by molar-refractivity contribution is 5.83. The molecule has 1 aliphatic heterocycles. The van der Waals surface area contributed by atoms with E-state index in [2.05, 4.69) is 19.9 Å². The van der Waals surface area contributed by atoms with E-state index < -0.39 is 17.5 Å². The van der Waals surface area contributed by atoms with Gasteiger partial charge in [0, 0.05) is 5.41 Å². The molecule has 0 aromatic rings. The van der Waals surface area contributed by atoms with Crippen LogP contribution in [0, 0.1) is 22.7 Å². The molecule has 0 amide bonds. The normalized spacial score (nSPS) is 41.5. The summed E-state index contributed by atoms with van der Waals surface area (Å²) in [6.07, 6.45) is 3.32. The third-order valence-corrected chi connectivity index (χ3v) is 5.23. The maximum Gasteiger partial charge on any atom is 0.348 e. The molecule has 110 valence electrons. The Hall–Kier alpha value is -1.32. The van der Waals surface area contributed by atoms with Crippen molar-refractivity contribution < 1.29 is 19.1 Å². The molecule has 2 fully saturated rings. The molecular formula is C16H22O4. The third kappa shape index (κ3) is 1.88. The van der Waals surface area contributed by atoms with E-state index in [4.69, 9.17) is 9.47 Å². The molecule has 2 aliphatic carbocycles. The minimum absolute atomic E-state index is 0.0987. The molecule has 0 aromatic heterocycles. The summed E-state index contributed by atoms with van der Waals surface area (Å²) in [5.41, 5.74) is 0.854. The summed E-state index contributed by atoms with van der Waals surface area (Å²) in [5, 5.41) is 0. The summed E-state index contributed by atoms with van der Waals surface area (Å²) < 4.78 is 10.6. The summed E-state index contributed by atoms with van der Waals surface area (Å²) in [7, 11) is 0. The van der Waals surface area contributed by atoms with E-state index in [1.807, 2.05) is 13.8 Å². The molecule has 4 atom stereocenters. The molecule has 3 rings (SSSR count). The zero-order valence-electron chi connectivity index (χ0n) is 12.6. The van der Waals surface area contributed by atoms with Gasteiger partial charge in [0.2, 0.25) is 6.10 Å². The van der Waals surface area contributed by atoms with Crippen LogP contribution in [0.2, 0.25) is 0 Å². The lowest BCUT2D eigenvalue weighted by molar-refractivity contribution is -0.168. The van der Waals surface area contributed by atoms with Gasteiger partial charge in [0.15, 0.2) is 0 Å². The van der Waals surface area contributed by atoms with E-state index >= 15 is 0 Å². The highest BCUT2D eigenvalue weighted by Gasteiger charge is 2.54. The second-order valence-corrected chi connectivity index (χ2v) is 7.50. The lowest BCUT2D eigenvalue weighted by Gasteiger charge is -2.30. The van der Waals surface area contributed by atoms with Gasteiger partial charge in [-0.15, -0.1) is 0 Å². The molecule has 2 bridgehead atoms. The molecule has 0 N–H and O–H groups in total. The minimum Gasteiger partial charge on any atom is -0.462 e. The van der Waals surface area contributed by atoms with Gasteiger partial charge in [0.05, 0.1) is 5.92 Å². The molecule has 0 radical (unpaired) electrons. The zero-order chi connectivity index (χ0) is 14.7. The number of esters is 2. The van der Waals surface area contributed by atoms with Gasteiger partial charge >= 0.3 is 11.9 Å². The topological polar surface area (TPSA) is 52.6 Å². The number of hydrogen-bond donors (Lipinski definition) is 0. The predicted molar refractivity (Wildman–Crippen MR) is 72.7 cm³/mol. The molecule has 0 spiro atoms. The van der Waals surface area contributed by atoms with Gasteiger partial charge < -0.3 is 9.47 Å². The Balaban J connectivity index is 1.74. The maximum absolute atomic E-state index is 12.5. The first-order chi connectivity index (χ1) is 9.23. The third-order valence-electron chi connectivity index (χ3n) is 5.23. The molecule has 20 heavy (non-hydrogen) atoms. The van der Waals surface area contributed by atoms with Crippen molar-refractivity contribution in [2.75, 3.05) is 6.61 Å². The van der Waals surface area contributed by atoms with Crippen LogP contribution >= 0.6 is 0 Å². The molecule has 0 unspecified atom stereocenters. The summed E-state index contributed by atoms with van der Waals surface area (Å²) in [6, 6.07) is 0. The van der Waals surface area contributed by atoms with E-state index in [1.54, 1.807) is 0 Å². The van der Waals surface area contributed by atoms with Gasteiger partial charge in [0.1, 0.15) is 6.61 Å². The van der Waals surface area contributed by atoms with Crippen LogP contribution < -0.4 is 0 Å². The van der Waals surface area contributed by atoms with Gasteiger partial charge in [0.25, 0.3) is 0 Å². The Morgan fingerprint density at radius 3 is 2.55 bits per heavy atom. The first-order valence-corrected chi connectivity index (χ1v) is 7.29. The highest BCUT2D eigenvalue weighted by atomic mass is 16.6. The predicted octanol–water partition coefficient (Wildman–Crippen LogP) is 2.47. The van der Waals surface area contributed by atoms with Crippen LogP contribution in [0.5, 0.6) is 0 Å². The second-order valence-electron chi connectivity index (χ2n) is 7.50. The number of carbonyl (C=O) groups is 2.